The predicted octanol–water partition coefficient (Wildman–Crippen LogP) is 2.92. The molecule has 2 rings (SSSR count). The standard InChI is InChI=1S/C22H24BrN3O6/c1-5-8-32-16-6-7-17(23)15(9-16)12-25-26-20(27)13-24-22(28)14-10-18(29-2)21(31-4)19(11-14)30-3/h5-7,9-12H,1,8,13H2,2-4H3,(H,24,28)(H,26,27). The maximum absolute atomic E-state index is 12.4. The van der Waals surface area contributed by atoms with E-state index in [0.29, 0.717) is 35.2 Å². The molecule has 2 aromatic carbocycles. The van der Waals surface area contributed by atoms with Crippen LogP contribution in [-0.2, 0) is 4.79 Å². The summed E-state index contributed by atoms with van der Waals surface area (Å²) >= 11 is 3.41. The summed E-state index contributed by atoms with van der Waals surface area (Å²) in [6, 6.07) is 8.34. The number of halogens is 1. The molecule has 0 aliphatic heterocycles. The molecular weight excluding hydrogens is 482 g/mol. The van der Waals surface area contributed by atoms with E-state index in [-0.39, 0.29) is 12.1 Å². The Hall–Kier alpha value is -3.53. The van der Waals surface area contributed by atoms with Crippen molar-refractivity contribution >= 4 is 34.0 Å². The zero-order chi connectivity index (χ0) is 23.5. The van der Waals surface area contributed by atoms with Crippen LogP contribution in [0.15, 0.2) is 52.6 Å². The minimum Gasteiger partial charge on any atom is -0.493 e. The number of rotatable bonds is 11. The first-order valence-electron chi connectivity index (χ1n) is 9.36. The van der Waals surface area contributed by atoms with Crippen LogP contribution in [-0.4, -0.2) is 52.5 Å². The van der Waals surface area contributed by atoms with Crippen molar-refractivity contribution in [1.29, 1.82) is 0 Å². The molecule has 0 fully saturated rings. The zero-order valence-electron chi connectivity index (χ0n) is 17.9. The van der Waals surface area contributed by atoms with Crippen molar-refractivity contribution < 1.29 is 28.5 Å². The van der Waals surface area contributed by atoms with E-state index in [1.54, 1.807) is 24.3 Å². The number of nitrogens with zero attached hydrogens (tertiary/aromatic N) is 1. The predicted molar refractivity (Wildman–Crippen MR) is 124 cm³/mol. The highest BCUT2D eigenvalue weighted by Gasteiger charge is 2.17. The highest BCUT2D eigenvalue weighted by molar-refractivity contribution is 9.10. The van der Waals surface area contributed by atoms with Gasteiger partial charge in [-0.05, 0) is 30.3 Å². The minimum absolute atomic E-state index is 0.246. The summed E-state index contributed by atoms with van der Waals surface area (Å²) in [6.45, 7) is 3.70. The summed E-state index contributed by atoms with van der Waals surface area (Å²) in [5.74, 6) is 0.671. The van der Waals surface area contributed by atoms with Gasteiger partial charge in [0.15, 0.2) is 11.5 Å². The summed E-state index contributed by atoms with van der Waals surface area (Å²) in [6.07, 6.45) is 3.10. The Balaban J connectivity index is 1.96. The van der Waals surface area contributed by atoms with Gasteiger partial charge in [0.25, 0.3) is 11.8 Å². The SMILES string of the molecule is C=CCOc1ccc(Br)c(C=NNC(=O)CNC(=O)c2cc(OC)c(OC)c(OC)c2)c1. The fourth-order valence-electron chi connectivity index (χ4n) is 2.55. The molecule has 2 aromatic rings. The van der Waals surface area contributed by atoms with Gasteiger partial charge in [0.05, 0.1) is 34.1 Å². The van der Waals surface area contributed by atoms with E-state index in [4.69, 9.17) is 18.9 Å². The van der Waals surface area contributed by atoms with Gasteiger partial charge in [-0.3, -0.25) is 9.59 Å². The molecule has 0 bridgehead atoms. The molecule has 2 N–H and O–H groups in total. The second-order valence-electron chi connectivity index (χ2n) is 6.17. The highest BCUT2D eigenvalue weighted by Crippen LogP contribution is 2.38. The van der Waals surface area contributed by atoms with Gasteiger partial charge < -0.3 is 24.3 Å². The Bertz CT molecular complexity index is 984. The van der Waals surface area contributed by atoms with Gasteiger partial charge in [-0.15, -0.1) is 0 Å². The third-order valence-electron chi connectivity index (χ3n) is 4.06. The fourth-order valence-corrected chi connectivity index (χ4v) is 2.90. The van der Waals surface area contributed by atoms with Crippen molar-refractivity contribution in [1.82, 2.24) is 10.7 Å². The molecule has 9 nitrogen and oxygen atoms in total. The van der Waals surface area contributed by atoms with Gasteiger partial charge in [-0.1, -0.05) is 28.6 Å². The van der Waals surface area contributed by atoms with Crippen molar-refractivity contribution in [2.75, 3.05) is 34.5 Å². The molecule has 0 heterocycles. The Morgan fingerprint density at radius 1 is 1.09 bits per heavy atom. The van der Waals surface area contributed by atoms with E-state index in [0.717, 1.165) is 4.47 Å². The van der Waals surface area contributed by atoms with Crippen LogP contribution in [0.3, 0.4) is 0 Å². The van der Waals surface area contributed by atoms with Crippen LogP contribution in [0.2, 0.25) is 0 Å². The van der Waals surface area contributed by atoms with E-state index in [1.165, 1.54) is 39.7 Å². The third kappa shape index (κ3) is 6.74. The van der Waals surface area contributed by atoms with E-state index in [1.807, 2.05) is 0 Å². The number of methoxy groups -OCH3 is 3. The van der Waals surface area contributed by atoms with E-state index < -0.39 is 11.8 Å². The van der Waals surface area contributed by atoms with Crippen LogP contribution in [0, 0.1) is 0 Å². The lowest BCUT2D eigenvalue weighted by Gasteiger charge is -2.14. The lowest BCUT2D eigenvalue weighted by molar-refractivity contribution is -0.120. The first-order chi connectivity index (χ1) is 15.4. The average Bonchev–Trinajstić information content (AvgIpc) is 2.81. The van der Waals surface area contributed by atoms with Crippen molar-refractivity contribution in [3.05, 3.63) is 58.6 Å². The summed E-state index contributed by atoms with van der Waals surface area (Å²) in [7, 11) is 4.36. The van der Waals surface area contributed by atoms with Gasteiger partial charge in [0, 0.05) is 15.6 Å². The number of benzene rings is 2. The van der Waals surface area contributed by atoms with Crippen molar-refractivity contribution in [2.45, 2.75) is 0 Å². The first-order valence-corrected chi connectivity index (χ1v) is 10.2. The smallest absolute Gasteiger partial charge is 0.259 e. The van der Waals surface area contributed by atoms with Crippen LogP contribution in [0.25, 0.3) is 0 Å². The number of carbonyl (C=O) groups excluding carboxylic acids is 2. The quantitative estimate of drug-likeness (QED) is 0.276. The first kappa shape index (κ1) is 24.7. The highest BCUT2D eigenvalue weighted by atomic mass is 79.9. The van der Waals surface area contributed by atoms with E-state index >= 15 is 0 Å². The molecule has 10 heteroatoms. The Kier molecular flexibility index (Phi) is 9.55. The molecule has 0 atom stereocenters. The molecule has 2 amide bonds. The van der Waals surface area contributed by atoms with Gasteiger partial charge in [0.1, 0.15) is 12.4 Å². The van der Waals surface area contributed by atoms with Crippen molar-refractivity contribution in [3.63, 3.8) is 0 Å². The Morgan fingerprint density at radius 2 is 1.78 bits per heavy atom. The maximum atomic E-state index is 12.4. The lowest BCUT2D eigenvalue weighted by Crippen LogP contribution is -2.35. The lowest BCUT2D eigenvalue weighted by atomic mass is 10.1. The normalized spacial score (nSPS) is 10.4. The van der Waals surface area contributed by atoms with Crippen LogP contribution in [0.1, 0.15) is 15.9 Å². The molecule has 0 saturated heterocycles. The Labute approximate surface area is 194 Å². The van der Waals surface area contributed by atoms with Crippen LogP contribution < -0.4 is 29.7 Å². The Morgan fingerprint density at radius 3 is 2.38 bits per heavy atom. The number of nitrogens with one attached hydrogen (secondary N) is 2. The third-order valence-corrected chi connectivity index (χ3v) is 4.79. The summed E-state index contributed by atoms with van der Waals surface area (Å²) in [5, 5.41) is 6.43. The van der Waals surface area contributed by atoms with Crippen molar-refractivity contribution in [2.24, 2.45) is 5.10 Å². The van der Waals surface area contributed by atoms with E-state index in [9.17, 15) is 9.59 Å². The molecule has 32 heavy (non-hydrogen) atoms. The molecule has 0 aliphatic carbocycles. The molecule has 0 unspecified atom stereocenters. The van der Waals surface area contributed by atoms with Crippen LogP contribution in [0.4, 0.5) is 0 Å². The van der Waals surface area contributed by atoms with E-state index in [2.05, 4.69) is 38.4 Å². The molecule has 0 radical (unpaired) electrons. The molecule has 0 aromatic heterocycles. The number of hydrogen-bond acceptors (Lipinski definition) is 7. The van der Waals surface area contributed by atoms with Gasteiger partial charge >= 0.3 is 0 Å². The van der Waals surface area contributed by atoms with Gasteiger partial charge in [0.2, 0.25) is 5.75 Å². The molecule has 0 spiro atoms. The van der Waals surface area contributed by atoms with Gasteiger partial charge in [-0.25, -0.2) is 5.43 Å². The minimum atomic E-state index is -0.503. The number of hydrazone groups is 1. The maximum Gasteiger partial charge on any atom is 0.259 e. The van der Waals surface area contributed by atoms with Crippen LogP contribution >= 0.6 is 15.9 Å². The average molecular weight is 506 g/mol. The topological polar surface area (TPSA) is 107 Å². The number of ether oxygens (including phenoxy) is 4. The monoisotopic (exact) mass is 505 g/mol. The molecular formula is C22H24BrN3O6. The van der Waals surface area contributed by atoms with Crippen molar-refractivity contribution in [3.8, 4) is 23.0 Å². The fraction of sp³-hybridized carbons (Fsp3) is 0.227. The number of amides is 2. The summed E-state index contributed by atoms with van der Waals surface area (Å²) in [4.78, 5) is 24.5. The number of carbonyl (C=O) groups is 2. The number of hydrogen-bond donors (Lipinski definition) is 2. The summed E-state index contributed by atoms with van der Waals surface area (Å²) in [5.41, 5.74) is 3.31. The summed E-state index contributed by atoms with van der Waals surface area (Å²) < 4.78 is 21.9. The molecule has 0 aliphatic rings. The second kappa shape index (κ2) is 12.4. The van der Waals surface area contributed by atoms with Crippen LogP contribution in [0.5, 0.6) is 23.0 Å². The second-order valence-corrected chi connectivity index (χ2v) is 7.03. The largest absolute Gasteiger partial charge is 0.493 e. The molecule has 0 saturated carbocycles. The van der Waals surface area contributed by atoms with Gasteiger partial charge in [-0.2, -0.15) is 5.10 Å². The molecule has 170 valence electrons. The zero-order valence-corrected chi connectivity index (χ0v) is 19.5.